The van der Waals surface area contributed by atoms with Gasteiger partial charge < -0.3 is 14.6 Å². The topological polar surface area (TPSA) is 47.6 Å². The van der Waals surface area contributed by atoms with Crippen LogP contribution in [0.1, 0.15) is 50.7 Å². The first-order valence-corrected chi connectivity index (χ1v) is 7.87. The van der Waals surface area contributed by atoms with Gasteiger partial charge in [0.15, 0.2) is 0 Å². The molecule has 0 aromatic carbocycles. The Bertz CT molecular complexity index is 482. The molecule has 0 saturated carbocycles. The van der Waals surface area contributed by atoms with E-state index in [1.54, 1.807) is 0 Å². The van der Waals surface area contributed by atoms with Gasteiger partial charge in [-0.25, -0.2) is 0 Å². The Morgan fingerprint density at radius 1 is 1.30 bits per heavy atom. The molecule has 1 amide bonds. The van der Waals surface area contributed by atoms with E-state index in [1.165, 1.54) is 11.3 Å². The standard InChI is InChI=1S/C14H22BNO3S/c1-6-7-16-12(17)11-8-10(9-20-11)15-18-13(2,3)14(4,5)19-15/h8-9H,6-7H2,1-5H3,(H,16,17). The first-order valence-electron chi connectivity index (χ1n) is 6.99. The Morgan fingerprint density at radius 2 is 1.90 bits per heavy atom. The number of hydrogen-bond acceptors (Lipinski definition) is 4. The average molecular weight is 295 g/mol. The number of thiophene rings is 1. The van der Waals surface area contributed by atoms with Gasteiger partial charge in [0.1, 0.15) is 0 Å². The van der Waals surface area contributed by atoms with Gasteiger partial charge in [-0.1, -0.05) is 6.92 Å². The Hall–Kier alpha value is -0.845. The van der Waals surface area contributed by atoms with Crippen LogP contribution in [-0.4, -0.2) is 30.8 Å². The summed E-state index contributed by atoms with van der Waals surface area (Å²) in [6, 6.07) is 1.86. The van der Waals surface area contributed by atoms with Gasteiger partial charge >= 0.3 is 7.12 Å². The summed E-state index contributed by atoms with van der Waals surface area (Å²) in [7, 11) is -0.399. The van der Waals surface area contributed by atoms with Gasteiger partial charge in [-0.15, -0.1) is 11.3 Å². The van der Waals surface area contributed by atoms with Gasteiger partial charge in [0.2, 0.25) is 0 Å². The van der Waals surface area contributed by atoms with E-state index in [-0.39, 0.29) is 17.1 Å². The highest BCUT2D eigenvalue weighted by Gasteiger charge is 2.51. The van der Waals surface area contributed by atoms with Gasteiger partial charge in [0.05, 0.1) is 16.1 Å². The van der Waals surface area contributed by atoms with E-state index in [2.05, 4.69) is 5.32 Å². The number of amides is 1. The molecule has 1 aliphatic rings. The summed E-state index contributed by atoms with van der Waals surface area (Å²) >= 11 is 1.42. The monoisotopic (exact) mass is 295 g/mol. The van der Waals surface area contributed by atoms with Crippen LogP contribution in [0.2, 0.25) is 0 Å². The van der Waals surface area contributed by atoms with Crippen molar-refractivity contribution >= 4 is 29.8 Å². The normalized spacial score (nSPS) is 20.1. The highest BCUT2D eigenvalue weighted by atomic mass is 32.1. The molecule has 0 aliphatic carbocycles. The van der Waals surface area contributed by atoms with Crippen molar-refractivity contribution in [2.75, 3.05) is 6.54 Å². The van der Waals surface area contributed by atoms with Crippen LogP contribution in [0.4, 0.5) is 0 Å². The second-order valence-corrected chi connectivity index (χ2v) is 7.00. The van der Waals surface area contributed by atoms with Crippen LogP contribution < -0.4 is 10.8 Å². The van der Waals surface area contributed by atoms with E-state index < -0.39 is 7.12 Å². The van der Waals surface area contributed by atoms with Crippen molar-refractivity contribution in [1.82, 2.24) is 5.32 Å². The Morgan fingerprint density at radius 3 is 2.45 bits per heavy atom. The lowest BCUT2D eigenvalue weighted by Crippen LogP contribution is -2.41. The second kappa shape index (κ2) is 5.50. The summed E-state index contributed by atoms with van der Waals surface area (Å²) in [6.45, 7) is 10.8. The largest absolute Gasteiger partial charge is 0.495 e. The van der Waals surface area contributed by atoms with Crippen LogP contribution in [0.5, 0.6) is 0 Å². The third-order valence-electron chi connectivity index (χ3n) is 3.90. The lowest BCUT2D eigenvalue weighted by Gasteiger charge is -2.32. The molecule has 1 aromatic heterocycles. The summed E-state index contributed by atoms with van der Waals surface area (Å²) in [5.41, 5.74) is 0.198. The number of nitrogens with one attached hydrogen (secondary N) is 1. The Balaban J connectivity index is 2.09. The van der Waals surface area contributed by atoms with Gasteiger partial charge in [0.25, 0.3) is 5.91 Å². The molecule has 0 bridgehead atoms. The second-order valence-electron chi connectivity index (χ2n) is 6.09. The van der Waals surface area contributed by atoms with E-state index >= 15 is 0 Å². The van der Waals surface area contributed by atoms with E-state index in [0.717, 1.165) is 11.9 Å². The first-order chi connectivity index (χ1) is 9.27. The van der Waals surface area contributed by atoms with E-state index in [1.807, 2.05) is 46.1 Å². The van der Waals surface area contributed by atoms with Crippen molar-refractivity contribution in [2.45, 2.75) is 52.2 Å². The third kappa shape index (κ3) is 2.92. The van der Waals surface area contributed by atoms with E-state index in [4.69, 9.17) is 9.31 Å². The summed E-state index contributed by atoms with van der Waals surface area (Å²) in [5, 5.41) is 4.81. The summed E-state index contributed by atoms with van der Waals surface area (Å²) in [5.74, 6) is -0.0281. The molecule has 0 spiro atoms. The van der Waals surface area contributed by atoms with E-state index in [9.17, 15) is 4.79 Å². The lowest BCUT2D eigenvalue weighted by atomic mass is 9.81. The molecule has 2 heterocycles. The summed E-state index contributed by atoms with van der Waals surface area (Å²) < 4.78 is 12.0. The maximum Gasteiger partial charge on any atom is 0.495 e. The SMILES string of the molecule is CCCNC(=O)c1cc(B2OC(C)(C)C(C)(C)O2)cs1. The minimum Gasteiger partial charge on any atom is -0.399 e. The number of carbonyl (C=O) groups is 1. The molecule has 110 valence electrons. The fraction of sp³-hybridized carbons (Fsp3) is 0.643. The van der Waals surface area contributed by atoms with Crippen molar-refractivity contribution in [3.05, 3.63) is 16.3 Å². The predicted octanol–water partition coefficient (Wildman–Crippen LogP) is 2.19. The molecular weight excluding hydrogens is 273 g/mol. The molecule has 1 saturated heterocycles. The average Bonchev–Trinajstić information content (AvgIpc) is 2.90. The van der Waals surface area contributed by atoms with Crippen molar-refractivity contribution in [1.29, 1.82) is 0 Å². The maximum absolute atomic E-state index is 11.9. The summed E-state index contributed by atoms with van der Waals surface area (Å²) in [6.07, 6.45) is 0.932. The molecule has 4 nitrogen and oxygen atoms in total. The molecule has 1 fully saturated rings. The molecular formula is C14H22BNO3S. The first kappa shape index (κ1) is 15.5. The van der Waals surface area contributed by atoms with Crippen LogP contribution in [-0.2, 0) is 9.31 Å². The van der Waals surface area contributed by atoms with Crippen molar-refractivity contribution in [3.63, 3.8) is 0 Å². The Labute approximate surface area is 125 Å². The minimum absolute atomic E-state index is 0.0281. The van der Waals surface area contributed by atoms with Crippen LogP contribution in [0.3, 0.4) is 0 Å². The van der Waals surface area contributed by atoms with Crippen LogP contribution in [0, 0.1) is 0 Å². The smallest absolute Gasteiger partial charge is 0.399 e. The highest BCUT2D eigenvalue weighted by Crippen LogP contribution is 2.36. The maximum atomic E-state index is 11.9. The predicted molar refractivity (Wildman–Crippen MR) is 82.7 cm³/mol. The van der Waals surface area contributed by atoms with Gasteiger partial charge in [-0.3, -0.25) is 4.79 Å². The number of hydrogen-bond donors (Lipinski definition) is 1. The zero-order valence-corrected chi connectivity index (χ0v) is 13.6. The van der Waals surface area contributed by atoms with Crippen LogP contribution in [0.25, 0.3) is 0 Å². The zero-order valence-electron chi connectivity index (χ0n) is 12.8. The fourth-order valence-corrected chi connectivity index (χ4v) is 2.72. The van der Waals surface area contributed by atoms with Gasteiger partial charge in [0, 0.05) is 6.54 Å². The van der Waals surface area contributed by atoms with Crippen molar-refractivity contribution in [2.24, 2.45) is 0 Å². The summed E-state index contributed by atoms with van der Waals surface area (Å²) in [4.78, 5) is 12.6. The highest BCUT2D eigenvalue weighted by molar-refractivity contribution is 7.13. The van der Waals surface area contributed by atoms with Crippen molar-refractivity contribution in [3.8, 4) is 0 Å². The van der Waals surface area contributed by atoms with Crippen LogP contribution >= 0.6 is 11.3 Å². The number of carbonyl (C=O) groups excluding carboxylic acids is 1. The molecule has 20 heavy (non-hydrogen) atoms. The molecule has 2 rings (SSSR count). The van der Waals surface area contributed by atoms with Gasteiger partial charge in [-0.05, 0) is 51.0 Å². The molecule has 0 atom stereocenters. The molecule has 1 aromatic rings. The fourth-order valence-electron chi connectivity index (χ4n) is 1.90. The molecule has 1 aliphatic heterocycles. The van der Waals surface area contributed by atoms with Gasteiger partial charge in [-0.2, -0.15) is 0 Å². The molecule has 1 N–H and O–H groups in total. The quantitative estimate of drug-likeness (QED) is 0.866. The molecule has 0 unspecified atom stereocenters. The van der Waals surface area contributed by atoms with Crippen LogP contribution in [0.15, 0.2) is 11.4 Å². The van der Waals surface area contributed by atoms with Crippen molar-refractivity contribution < 1.29 is 14.1 Å². The third-order valence-corrected chi connectivity index (χ3v) is 4.85. The van der Waals surface area contributed by atoms with E-state index in [0.29, 0.717) is 11.4 Å². The Kier molecular flexibility index (Phi) is 4.28. The molecule has 0 radical (unpaired) electrons. The molecule has 6 heteroatoms. The lowest BCUT2D eigenvalue weighted by molar-refractivity contribution is 0.00578. The minimum atomic E-state index is -0.399. The number of rotatable bonds is 4. The zero-order chi connectivity index (χ0) is 15.0.